The van der Waals surface area contributed by atoms with Gasteiger partial charge in [0.1, 0.15) is 5.88 Å². The van der Waals surface area contributed by atoms with Gasteiger partial charge in [0.15, 0.2) is 0 Å². The van der Waals surface area contributed by atoms with Crippen molar-refractivity contribution < 1.29 is 19.1 Å². The van der Waals surface area contributed by atoms with Crippen molar-refractivity contribution in [2.24, 2.45) is 0 Å². The molecule has 0 radical (unpaired) electrons. The average Bonchev–Trinajstić information content (AvgIpc) is 2.84. The number of aryl methyl sites for hydroxylation is 2. The minimum Gasteiger partial charge on any atom is -0.469 e. The third kappa shape index (κ3) is 13.3. The van der Waals surface area contributed by atoms with Crippen LogP contribution in [0, 0.1) is 6.92 Å². The number of carbonyl (C=O) groups excluding carboxylic acids is 2. The van der Waals surface area contributed by atoms with Gasteiger partial charge >= 0.3 is 5.97 Å². The van der Waals surface area contributed by atoms with Crippen molar-refractivity contribution in [3.05, 3.63) is 29.3 Å². The average molecular weight is 498 g/mol. The second-order valence-corrected chi connectivity index (χ2v) is 9.06. The van der Waals surface area contributed by atoms with Gasteiger partial charge in [-0.15, -0.1) is 11.6 Å². The van der Waals surface area contributed by atoms with Crippen LogP contribution in [0.3, 0.4) is 0 Å². The molecule has 6 heteroatoms. The van der Waals surface area contributed by atoms with Crippen LogP contribution in [-0.2, 0) is 25.5 Å². The van der Waals surface area contributed by atoms with Crippen molar-refractivity contribution in [1.29, 1.82) is 0 Å². The number of alkyl halides is 1. The molecule has 1 atom stereocenters. The Morgan fingerprint density at radius 3 is 2.06 bits per heavy atom. The first-order valence-corrected chi connectivity index (χ1v) is 13.4. The number of para-hydroxylation sites is 1. The number of benzene rings is 1. The van der Waals surface area contributed by atoms with Crippen LogP contribution in [0.1, 0.15) is 96.1 Å². The van der Waals surface area contributed by atoms with E-state index in [0.29, 0.717) is 13.0 Å². The van der Waals surface area contributed by atoms with Crippen LogP contribution >= 0.6 is 11.6 Å². The summed E-state index contributed by atoms with van der Waals surface area (Å²) in [7, 11) is 3.09. The second-order valence-electron chi connectivity index (χ2n) is 8.79. The van der Waals surface area contributed by atoms with E-state index >= 15 is 0 Å². The summed E-state index contributed by atoms with van der Waals surface area (Å²) in [5.74, 6) is -0.181. The van der Waals surface area contributed by atoms with Crippen LogP contribution in [-0.4, -0.2) is 44.6 Å². The molecule has 0 saturated carbocycles. The summed E-state index contributed by atoms with van der Waals surface area (Å²) in [6.07, 6.45) is 13.0. The van der Waals surface area contributed by atoms with E-state index in [1.54, 1.807) is 12.0 Å². The molecule has 196 valence electrons. The highest BCUT2D eigenvalue weighted by molar-refractivity contribution is 6.29. The molecule has 0 heterocycles. The summed E-state index contributed by atoms with van der Waals surface area (Å²) < 4.78 is 9.76. The van der Waals surface area contributed by atoms with Crippen LogP contribution in [0.5, 0.6) is 0 Å². The summed E-state index contributed by atoms with van der Waals surface area (Å²) in [4.78, 5) is 24.8. The molecule has 1 amide bonds. The maximum absolute atomic E-state index is 12.2. The zero-order chi connectivity index (χ0) is 25.8. The summed E-state index contributed by atoms with van der Waals surface area (Å²) in [5.41, 5.74) is 3.21. The number of rotatable bonds is 16. The lowest BCUT2D eigenvalue weighted by atomic mass is 10.0. The summed E-state index contributed by atoms with van der Waals surface area (Å²) >= 11 is 5.76. The smallest absolute Gasteiger partial charge is 0.305 e. The van der Waals surface area contributed by atoms with Gasteiger partial charge in [0.2, 0.25) is 5.91 Å². The van der Waals surface area contributed by atoms with Crippen LogP contribution in [0.4, 0.5) is 5.69 Å². The molecule has 0 aliphatic heterocycles. The first-order valence-electron chi connectivity index (χ1n) is 12.9. The summed E-state index contributed by atoms with van der Waals surface area (Å²) in [6.45, 7) is 8.80. The van der Waals surface area contributed by atoms with E-state index in [2.05, 4.69) is 24.7 Å². The van der Waals surface area contributed by atoms with Gasteiger partial charge in [-0.1, -0.05) is 83.4 Å². The predicted molar refractivity (Wildman–Crippen MR) is 144 cm³/mol. The first kappa shape index (κ1) is 32.4. The monoisotopic (exact) mass is 497 g/mol. The molecule has 34 heavy (non-hydrogen) atoms. The largest absolute Gasteiger partial charge is 0.469 e. The highest BCUT2D eigenvalue weighted by Gasteiger charge is 2.24. The molecule has 0 aromatic heterocycles. The van der Waals surface area contributed by atoms with Crippen molar-refractivity contribution in [2.45, 2.75) is 104 Å². The molecule has 0 aliphatic carbocycles. The number of hydrogen-bond donors (Lipinski definition) is 0. The Bertz CT molecular complexity index is 680. The normalized spacial score (nSPS) is 11.4. The highest BCUT2D eigenvalue weighted by Crippen LogP contribution is 2.28. The predicted octanol–water partition coefficient (Wildman–Crippen LogP) is 7.24. The number of nitrogens with zero attached hydrogens (tertiary/aromatic N) is 1. The van der Waals surface area contributed by atoms with Gasteiger partial charge in [0, 0.05) is 13.5 Å². The Morgan fingerprint density at radius 2 is 1.56 bits per heavy atom. The Kier molecular flexibility index (Phi) is 19.8. The molecule has 5 nitrogen and oxygen atoms in total. The number of methoxy groups -OCH3 is 2. The third-order valence-corrected chi connectivity index (χ3v) is 6.12. The van der Waals surface area contributed by atoms with Crippen molar-refractivity contribution in [3.63, 3.8) is 0 Å². The molecule has 0 fully saturated rings. The zero-order valence-corrected chi connectivity index (χ0v) is 23.2. The van der Waals surface area contributed by atoms with Crippen LogP contribution in [0.25, 0.3) is 0 Å². The second kappa shape index (κ2) is 20.8. The number of amides is 1. The Morgan fingerprint density at radius 1 is 0.971 bits per heavy atom. The van der Waals surface area contributed by atoms with E-state index in [1.165, 1.54) is 58.5 Å². The van der Waals surface area contributed by atoms with E-state index in [-0.39, 0.29) is 23.8 Å². The quantitative estimate of drug-likeness (QED) is 0.137. The number of unbranched alkanes of at least 4 members (excludes halogenated alkanes) is 8. The maximum atomic E-state index is 12.2. The third-order valence-electron chi connectivity index (χ3n) is 5.89. The molecular formula is C28H48ClNO4. The van der Waals surface area contributed by atoms with Crippen LogP contribution in [0.2, 0.25) is 0 Å². The number of hydrogen-bond acceptors (Lipinski definition) is 4. The van der Waals surface area contributed by atoms with E-state index < -0.39 is 0 Å². The van der Waals surface area contributed by atoms with E-state index in [0.717, 1.165) is 29.7 Å². The maximum Gasteiger partial charge on any atom is 0.305 e. The lowest BCUT2D eigenvalue weighted by molar-refractivity contribution is -0.140. The SMILES string of the molecule is CCCCCCCCCCCC(=O)OC.CCc1cccc(C)c1N(C(=O)CCl)[C@@H](C)COC. The number of carbonyl (C=O) groups is 2. The van der Waals surface area contributed by atoms with Gasteiger partial charge in [-0.2, -0.15) is 0 Å². The van der Waals surface area contributed by atoms with Gasteiger partial charge in [-0.25, -0.2) is 0 Å². The highest BCUT2D eigenvalue weighted by atomic mass is 35.5. The fraction of sp³-hybridized carbons (Fsp3) is 0.714. The molecule has 1 rings (SSSR count). The minimum absolute atomic E-state index is 0.0223. The van der Waals surface area contributed by atoms with Crippen LogP contribution in [0.15, 0.2) is 18.2 Å². The lowest BCUT2D eigenvalue weighted by Crippen LogP contribution is -2.43. The minimum atomic E-state index is -0.0878. The fourth-order valence-corrected chi connectivity index (χ4v) is 4.13. The molecule has 0 saturated heterocycles. The molecule has 0 bridgehead atoms. The van der Waals surface area contributed by atoms with Crippen molar-refractivity contribution in [1.82, 2.24) is 0 Å². The Hall–Kier alpha value is -1.59. The number of halogens is 1. The molecule has 0 aliphatic rings. The molecule has 1 aromatic rings. The lowest BCUT2D eigenvalue weighted by Gasteiger charge is -2.31. The Labute approximate surface area is 213 Å². The Balaban J connectivity index is 0.000000661. The van der Waals surface area contributed by atoms with Gasteiger partial charge in [0.05, 0.1) is 25.4 Å². The van der Waals surface area contributed by atoms with Gasteiger partial charge in [-0.05, 0) is 37.8 Å². The molecule has 0 N–H and O–H groups in total. The molecule has 0 spiro atoms. The first-order chi connectivity index (χ1) is 16.4. The number of esters is 1. The van der Waals surface area contributed by atoms with E-state index in [4.69, 9.17) is 16.3 Å². The standard InChI is InChI=1S/C15H22ClNO2.C13H26O2/c1-5-13-8-6-7-11(2)15(13)17(14(18)9-16)12(3)10-19-4;1-3-4-5-6-7-8-9-10-11-12-13(14)15-2/h6-8,12H,5,9-10H2,1-4H3;3-12H2,1-2H3/t12-;/m0./s1. The zero-order valence-electron chi connectivity index (χ0n) is 22.5. The number of anilines is 1. The topological polar surface area (TPSA) is 55.8 Å². The van der Waals surface area contributed by atoms with Gasteiger partial charge < -0.3 is 14.4 Å². The molecule has 0 unspecified atom stereocenters. The van der Waals surface area contributed by atoms with Crippen molar-refractivity contribution in [3.8, 4) is 0 Å². The molecular weight excluding hydrogens is 450 g/mol. The molecule has 1 aromatic carbocycles. The van der Waals surface area contributed by atoms with Gasteiger partial charge in [0.25, 0.3) is 0 Å². The van der Waals surface area contributed by atoms with Gasteiger partial charge in [-0.3, -0.25) is 9.59 Å². The fourth-order valence-electron chi connectivity index (χ4n) is 4.00. The van der Waals surface area contributed by atoms with E-state index in [9.17, 15) is 9.59 Å². The van der Waals surface area contributed by atoms with Crippen molar-refractivity contribution in [2.75, 3.05) is 31.6 Å². The summed E-state index contributed by atoms with van der Waals surface area (Å²) in [6, 6.07) is 6.05. The van der Waals surface area contributed by atoms with Crippen LogP contribution < -0.4 is 4.90 Å². The van der Waals surface area contributed by atoms with Crippen molar-refractivity contribution >= 4 is 29.2 Å². The summed E-state index contributed by atoms with van der Waals surface area (Å²) in [5, 5.41) is 0. The number of ether oxygens (including phenoxy) is 2. The van der Waals surface area contributed by atoms with E-state index in [1.807, 2.05) is 26.0 Å².